The first kappa shape index (κ1) is 65.1. The Bertz CT molecular complexity index is 1230. The molecule has 0 aliphatic carbocycles. The lowest BCUT2D eigenvalue weighted by molar-refractivity contribution is -0.167. The first-order chi connectivity index (χ1) is 33.5. The lowest BCUT2D eigenvalue weighted by Gasteiger charge is -2.18. The van der Waals surface area contributed by atoms with Crippen LogP contribution in [-0.2, 0) is 28.6 Å². The molecule has 0 radical (unpaired) electrons. The van der Waals surface area contributed by atoms with Crippen LogP contribution in [0.4, 0.5) is 0 Å². The molecule has 0 aromatic heterocycles. The maximum Gasteiger partial charge on any atom is 0.306 e. The molecule has 1 atom stereocenters. The summed E-state index contributed by atoms with van der Waals surface area (Å²) in [7, 11) is 0. The first-order valence-electron chi connectivity index (χ1n) is 29.3. The summed E-state index contributed by atoms with van der Waals surface area (Å²) in [5.74, 6) is -0.890. The van der Waals surface area contributed by atoms with E-state index in [1.165, 1.54) is 167 Å². The van der Waals surface area contributed by atoms with E-state index in [0.29, 0.717) is 19.3 Å². The van der Waals surface area contributed by atoms with E-state index in [1.807, 2.05) is 0 Å². The molecule has 0 fully saturated rings. The fraction of sp³-hybridized carbons (Fsp3) is 0.790. The topological polar surface area (TPSA) is 78.9 Å². The van der Waals surface area contributed by atoms with Gasteiger partial charge in [-0.3, -0.25) is 14.4 Å². The molecule has 394 valence electrons. The zero-order valence-corrected chi connectivity index (χ0v) is 45.1. The van der Waals surface area contributed by atoms with Gasteiger partial charge in [0.05, 0.1) is 0 Å². The van der Waals surface area contributed by atoms with Gasteiger partial charge in [-0.05, 0) is 89.9 Å². The van der Waals surface area contributed by atoms with Gasteiger partial charge in [-0.1, -0.05) is 248 Å². The molecule has 0 bridgehead atoms. The maximum absolute atomic E-state index is 12.9. The minimum absolute atomic E-state index is 0.0796. The predicted octanol–water partition coefficient (Wildman–Crippen LogP) is 19.6. The Morgan fingerprint density at radius 1 is 0.294 bits per heavy atom. The fourth-order valence-electron chi connectivity index (χ4n) is 8.30. The second-order valence-electron chi connectivity index (χ2n) is 19.6. The Balaban J connectivity index is 4.35. The zero-order chi connectivity index (χ0) is 49.3. The molecule has 0 saturated heterocycles. The number of rotatable bonds is 53. The van der Waals surface area contributed by atoms with Gasteiger partial charge in [-0.15, -0.1) is 0 Å². The highest BCUT2D eigenvalue weighted by Gasteiger charge is 2.19. The summed E-state index contributed by atoms with van der Waals surface area (Å²) in [6.07, 6.45) is 70.6. The third kappa shape index (κ3) is 54.1. The SMILES string of the molecule is CCCCCC/C=C\C/C=C\CCCCCCCCCC(=O)OC(COC(=O)CCCCCCCC/C=C\C/C=C\C/C=C\CCCCCCC)COC(=O)CCCCCCCCCCCCC. The molecule has 0 heterocycles. The van der Waals surface area contributed by atoms with Crippen LogP contribution < -0.4 is 0 Å². The Hall–Kier alpha value is -2.89. The number of hydrogen-bond donors (Lipinski definition) is 0. The fourth-order valence-corrected chi connectivity index (χ4v) is 8.30. The van der Waals surface area contributed by atoms with Gasteiger partial charge in [-0.2, -0.15) is 0 Å². The van der Waals surface area contributed by atoms with Crippen LogP contribution in [0.5, 0.6) is 0 Å². The summed E-state index contributed by atoms with van der Waals surface area (Å²) in [5.41, 5.74) is 0. The van der Waals surface area contributed by atoms with Crippen molar-refractivity contribution in [2.75, 3.05) is 13.2 Å². The van der Waals surface area contributed by atoms with Crippen molar-refractivity contribution in [3.8, 4) is 0 Å². The summed E-state index contributed by atoms with van der Waals surface area (Å²) in [6.45, 7) is 6.61. The van der Waals surface area contributed by atoms with Crippen molar-refractivity contribution < 1.29 is 28.6 Å². The molecule has 0 N–H and O–H groups in total. The quantitative estimate of drug-likeness (QED) is 0.0262. The number of unbranched alkanes of at least 4 members (excludes halogenated alkanes) is 32. The second-order valence-corrected chi connectivity index (χ2v) is 19.6. The zero-order valence-electron chi connectivity index (χ0n) is 45.1. The van der Waals surface area contributed by atoms with E-state index >= 15 is 0 Å². The number of ether oxygens (including phenoxy) is 3. The third-order valence-corrected chi connectivity index (χ3v) is 12.7. The van der Waals surface area contributed by atoms with Crippen molar-refractivity contribution in [3.63, 3.8) is 0 Å². The standard InChI is InChI=1S/C62H110O6/c1-4-7-10-13-16-19-22-24-26-28-30-31-32-34-35-37-40-43-46-49-52-55-61(64)67-58-59(57-66-60(63)54-51-48-45-42-39-21-18-15-12-9-6-3)68-62(65)56-53-50-47-44-41-38-36-33-29-27-25-23-20-17-14-11-8-5-2/h20,22-24,27-30,32,34,59H,4-19,21,25-26,31,33,35-58H2,1-3H3/b23-20-,24-22-,29-27-,30-28-,34-32-. The molecule has 0 rings (SSSR count). The highest BCUT2D eigenvalue weighted by molar-refractivity contribution is 5.71. The van der Waals surface area contributed by atoms with Gasteiger partial charge >= 0.3 is 17.9 Å². The van der Waals surface area contributed by atoms with Crippen molar-refractivity contribution >= 4 is 17.9 Å². The Labute approximate surface area is 421 Å². The van der Waals surface area contributed by atoms with E-state index in [1.54, 1.807) is 0 Å². The maximum atomic E-state index is 12.9. The van der Waals surface area contributed by atoms with Gasteiger partial charge in [0.2, 0.25) is 0 Å². The Morgan fingerprint density at radius 2 is 0.529 bits per heavy atom. The Morgan fingerprint density at radius 3 is 0.838 bits per heavy atom. The van der Waals surface area contributed by atoms with Crippen LogP contribution in [0.1, 0.15) is 297 Å². The number of carbonyl (C=O) groups is 3. The minimum atomic E-state index is -0.782. The molecule has 0 aliphatic rings. The Kier molecular flexibility index (Phi) is 54.3. The highest BCUT2D eigenvalue weighted by atomic mass is 16.6. The molecule has 6 heteroatoms. The van der Waals surface area contributed by atoms with Crippen LogP contribution in [0.15, 0.2) is 60.8 Å². The summed E-state index contributed by atoms with van der Waals surface area (Å²) < 4.78 is 16.9. The van der Waals surface area contributed by atoms with E-state index < -0.39 is 6.10 Å². The van der Waals surface area contributed by atoms with E-state index in [4.69, 9.17) is 14.2 Å². The molecular weight excluding hydrogens is 841 g/mol. The van der Waals surface area contributed by atoms with Crippen LogP contribution in [0.2, 0.25) is 0 Å². The van der Waals surface area contributed by atoms with Crippen molar-refractivity contribution in [3.05, 3.63) is 60.8 Å². The second kappa shape index (κ2) is 56.7. The van der Waals surface area contributed by atoms with Gasteiger partial charge in [-0.25, -0.2) is 0 Å². The van der Waals surface area contributed by atoms with E-state index in [2.05, 4.69) is 81.5 Å². The van der Waals surface area contributed by atoms with Gasteiger partial charge in [0.1, 0.15) is 13.2 Å². The van der Waals surface area contributed by atoms with Gasteiger partial charge in [0.25, 0.3) is 0 Å². The molecule has 0 aromatic carbocycles. The molecule has 0 saturated carbocycles. The van der Waals surface area contributed by atoms with Gasteiger partial charge in [0.15, 0.2) is 6.10 Å². The molecule has 0 amide bonds. The molecule has 0 aliphatic heterocycles. The molecule has 0 aromatic rings. The highest BCUT2D eigenvalue weighted by Crippen LogP contribution is 2.15. The lowest BCUT2D eigenvalue weighted by atomic mass is 10.1. The van der Waals surface area contributed by atoms with Crippen LogP contribution in [0.25, 0.3) is 0 Å². The van der Waals surface area contributed by atoms with E-state index in [-0.39, 0.29) is 31.1 Å². The predicted molar refractivity (Wildman–Crippen MR) is 293 cm³/mol. The van der Waals surface area contributed by atoms with Crippen molar-refractivity contribution in [1.82, 2.24) is 0 Å². The van der Waals surface area contributed by atoms with Crippen LogP contribution in [0.3, 0.4) is 0 Å². The minimum Gasteiger partial charge on any atom is -0.462 e. The number of allylic oxidation sites excluding steroid dienone is 10. The molecule has 1 unspecified atom stereocenters. The van der Waals surface area contributed by atoms with Gasteiger partial charge < -0.3 is 14.2 Å². The van der Waals surface area contributed by atoms with Crippen LogP contribution in [0, 0.1) is 0 Å². The summed E-state index contributed by atoms with van der Waals surface area (Å²) in [4.78, 5) is 38.1. The van der Waals surface area contributed by atoms with E-state index in [9.17, 15) is 14.4 Å². The van der Waals surface area contributed by atoms with Gasteiger partial charge in [0, 0.05) is 19.3 Å². The van der Waals surface area contributed by atoms with E-state index in [0.717, 1.165) is 89.9 Å². The number of carbonyl (C=O) groups excluding carboxylic acids is 3. The number of hydrogen-bond acceptors (Lipinski definition) is 6. The first-order valence-corrected chi connectivity index (χ1v) is 29.3. The summed E-state index contributed by atoms with van der Waals surface area (Å²) >= 11 is 0. The average molecular weight is 952 g/mol. The van der Waals surface area contributed by atoms with Crippen LogP contribution >= 0.6 is 0 Å². The third-order valence-electron chi connectivity index (χ3n) is 12.7. The number of esters is 3. The molecule has 6 nitrogen and oxygen atoms in total. The molecule has 0 spiro atoms. The molecule has 68 heavy (non-hydrogen) atoms. The molecular formula is C62H110O6. The van der Waals surface area contributed by atoms with Crippen molar-refractivity contribution in [2.24, 2.45) is 0 Å². The monoisotopic (exact) mass is 951 g/mol. The smallest absolute Gasteiger partial charge is 0.306 e. The van der Waals surface area contributed by atoms with Crippen molar-refractivity contribution in [1.29, 1.82) is 0 Å². The summed E-state index contributed by atoms with van der Waals surface area (Å²) in [5, 5.41) is 0. The average Bonchev–Trinajstić information content (AvgIpc) is 3.34. The van der Waals surface area contributed by atoms with Crippen molar-refractivity contribution in [2.45, 2.75) is 303 Å². The van der Waals surface area contributed by atoms with Crippen LogP contribution in [-0.4, -0.2) is 37.2 Å². The lowest BCUT2D eigenvalue weighted by Crippen LogP contribution is -2.30. The largest absolute Gasteiger partial charge is 0.462 e. The summed E-state index contributed by atoms with van der Waals surface area (Å²) in [6, 6.07) is 0. The normalized spacial score (nSPS) is 12.5.